The van der Waals surface area contributed by atoms with Crippen molar-refractivity contribution in [3.05, 3.63) is 34.2 Å². The Morgan fingerprint density at radius 2 is 2.18 bits per heavy atom. The van der Waals surface area contributed by atoms with Crippen molar-refractivity contribution in [2.45, 2.75) is 6.54 Å². The first-order valence-electron chi connectivity index (χ1n) is 4.93. The third-order valence-electron chi connectivity index (χ3n) is 2.39. The van der Waals surface area contributed by atoms with Gasteiger partial charge in [-0.2, -0.15) is 0 Å². The van der Waals surface area contributed by atoms with Gasteiger partial charge in [-0.05, 0) is 15.9 Å². The van der Waals surface area contributed by atoms with Crippen LogP contribution in [0.3, 0.4) is 0 Å². The van der Waals surface area contributed by atoms with E-state index in [0.717, 1.165) is 11.6 Å². The summed E-state index contributed by atoms with van der Waals surface area (Å²) in [5.74, 6) is 1.70. The highest BCUT2D eigenvalue weighted by Crippen LogP contribution is 2.28. The zero-order valence-corrected chi connectivity index (χ0v) is 11.8. The van der Waals surface area contributed by atoms with E-state index in [1.165, 1.54) is 6.33 Å². The van der Waals surface area contributed by atoms with Gasteiger partial charge in [0.05, 0.1) is 11.0 Å². The summed E-state index contributed by atoms with van der Waals surface area (Å²) in [7, 11) is 3.89. The highest BCUT2D eigenvalue weighted by Gasteiger charge is 2.13. The standard InChI is InChI=1S/C10H11BrClN5/c1-16-4-3-13-7(16)5-17(2)10-8(11)9(12)14-6-15-10/h3-4,6H,5H2,1-2H3. The molecule has 2 heterocycles. The molecule has 0 amide bonds. The summed E-state index contributed by atoms with van der Waals surface area (Å²) < 4.78 is 2.66. The molecule has 2 rings (SSSR count). The highest BCUT2D eigenvalue weighted by molar-refractivity contribution is 9.10. The van der Waals surface area contributed by atoms with E-state index in [1.807, 2.05) is 29.8 Å². The van der Waals surface area contributed by atoms with E-state index in [2.05, 4.69) is 30.9 Å². The zero-order valence-electron chi connectivity index (χ0n) is 9.43. The van der Waals surface area contributed by atoms with Crippen LogP contribution < -0.4 is 4.90 Å². The van der Waals surface area contributed by atoms with Gasteiger partial charge in [-0.25, -0.2) is 15.0 Å². The molecule has 0 saturated carbocycles. The lowest BCUT2D eigenvalue weighted by Gasteiger charge is -2.19. The van der Waals surface area contributed by atoms with Gasteiger partial charge in [0, 0.05) is 26.5 Å². The Labute approximate surface area is 113 Å². The molecule has 0 unspecified atom stereocenters. The van der Waals surface area contributed by atoms with E-state index in [4.69, 9.17) is 11.6 Å². The SMILES string of the molecule is CN(Cc1nccn1C)c1ncnc(Cl)c1Br. The van der Waals surface area contributed by atoms with Gasteiger partial charge in [-0.1, -0.05) is 11.6 Å². The molecule has 0 spiro atoms. The van der Waals surface area contributed by atoms with Crippen LogP contribution in [0, 0.1) is 0 Å². The number of hydrogen-bond acceptors (Lipinski definition) is 4. The average molecular weight is 317 g/mol. The Hall–Kier alpha value is -1.14. The van der Waals surface area contributed by atoms with Crippen molar-refractivity contribution in [2.75, 3.05) is 11.9 Å². The predicted octanol–water partition coefficient (Wildman–Crippen LogP) is 2.26. The zero-order chi connectivity index (χ0) is 12.4. The molecule has 0 N–H and O–H groups in total. The molecular formula is C10H11BrClN5. The Bertz CT molecular complexity index is 527. The molecule has 0 aliphatic rings. The van der Waals surface area contributed by atoms with E-state index < -0.39 is 0 Å². The number of hydrogen-bond donors (Lipinski definition) is 0. The normalized spacial score (nSPS) is 10.6. The largest absolute Gasteiger partial charge is 0.351 e. The molecule has 2 aromatic rings. The van der Waals surface area contributed by atoms with E-state index in [1.54, 1.807) is 6.20 Å². The third-order valence-corrected chi connectivity index (χ3v) is 3.63. The lowest BCUT2D eigenvalue weighted by atomic mass is 10.4. The number of imidazole rings is 1. The summed E-state index contributed by atoms with van der Waals surface area (Å²) in [5, 5.41) is 0.404. The lowest BCUT2D eigenvalue weighted by molar-refractivity contribution is 0.753. The Morgan fingerprint density at radius 3 is 2.82 bits per heavy atom. The Kier molecular flexibility index (Phi) is 3.63. The number of rotatable bonds is 3. The van der Waals surface area contributed by atoms with Crippen molar-refractivity contribution in [3.63, 3.8) is 0 Å². The monoisotopic (exact) mass is 315 g/mol. The van der Waals surface area contributed by atoms with Crippen LogP contribution in [0.15, 0.2) is 23.2 Å². The van der Waals surface area contributed by atoms with Gasteiger partial charge in [-0.3, -0.25) is 0 Å². The molecule has 0 aliphatic heterocycles. The van der Waals surface area contributed by atoms with Gasteiger partial charge in [0.15, 0.2) is 0 Å². The fraction of sp³-hybridized carbons (Fsp3) is 0.300. The van der Waals surface area contributed by atoms with Crippen LogP contribution in [0.25, 0.3) is 0 Å². The second-order valence-corrected chi connectivity index (χ2v) is 4.76. The molecule has 2 aromatic heterocycles. The number of nitrogens with zero attached hydrogens (tertiary/aromatic N) is 5. The number of anilines is 1. The molecule has 5 nitrogen and oxygen atoms in total. The van der Waals surface area contributed by atoms with Crippen LogP contribution in [-0.4, -0.2) is 26.6 Å². The topological polar surface area (TPSA) is 46.8 Å². The maximum atomic E-state index is 5.93. The van der Waals surface area contributed by atoms with Crippen molar-refractivity contribution >= 4 is 33.3 Å². The van der Waals surface area contributed by atoms with Gasteiger partial charge in [0.25, 0.3) is 0 Å². The van der Waals surface area contributed by atoms with Crippen molar-refractivity contribution < 1.29 is 0 Å². The van der Waals surface area contributed by atoms with Gasteiger partial charge < -0.3 is 9.47 Å². The van der Waals surface area contributed by atoms with E-state index in [-0.39, 0.29) is 0 Å². The summed E-state index contributed by atoms with van der Waals surface area (Å²) in [4.78, 5) is 14.3. The maximum absolute atomic E-state index is 5.93. The molecule has 17 heavy (non-hydrogen) atoms. The molecular weight excluding hydrogens is 306 g/mol. The minimum Gasteiger partial charge on any atom is -0.351 e. The van der Waals surface area contributed by atoms with Crippen LogP contribution in [0.2, 0.25) is 5.15 Å². The lowest BCUT2D eigenvalue weighted by Crippen LogP contribution is -2.20. The summed E-state index contributed by atoms with van der Waals surface area (Å²) in [5.41, 5.74) is 0. The first kappa shape index (κ1) is 12.3. The van der Waals surface area contributed by atoms with Crippen LogP contribution in [0.4, 0.5) is 5.82 Å². The number of aromatic nitrogens is 4. The van der Waals surface area contributed by atoms with Crippen LogP contribution in [0.5, 0.6) is 0 Å². The summed E-state index contributed by atoms with van der Waals surface area (Å²) in [6, 6.07) is 0. The molecule has 0 radical (unpaired) electrons. The minimum atomic E-state index is 0.404. The maximum Gasteiger partial charge on any atom is 0.148 e. The first-order valence-corrected chi connectivity index (χ1v) is 6.10. The quantitative estimate of drug-likeness (QED) is 0.815. The van der Waals surface area contributed by atoms with Crippen LogP contribution in [-0.2, 0) is 13.6 Å². The summed E-state index contributed by atoms with van der Waals surface area (Å²) in [6.45, 7) is 0.648. The Morgan fingerprint density at radius 1 is 1.41 bits per heavy atom. The van der Waals surface area contributed by atoms with Crippen molar-refractivity contribution in [1.29, 1.82) is 0 Å². The smallest absolute Gasteiger partial charge is 0.148 e. The molecule has 90 valence electrons. The number of halogens is 2. The highest BCUT2D eigenvalue weighted by atomic mass is 79.9. The van der Waals surface area contributed by atoms with Crippen LogP contribution >= 0.6 is 27.5 Å². The van der Waals surface area contributed by atoms with Crippen molar-refractivity contribution in [3.8, 4) is 0 Å². The minimum absolute atomic E-state index is 0.404. The van der Waals surface area contributed by atoms with E-state index in [0.29, 0.717) is 16.2 Å². The van der Waals surface area contributed by atoms with Crippen molar-refractivity contribution in [2.24, 2.45) is 7.05 Å². The molecule has 0 atom stereocenters. The predicted molar refractivity (Wildman–Crippen MR) is 70.1 cm³/mol. The molecule has 0 aromatic carbocycles. The second-order valence-electron chi connectivity index (χ2n) is 3.61. The van der Waals surface area contributed by atoms with Crippen LogP contribution in [0.1, 0.15) is 5.82 Å². The molecule has 7 heteroatoms. The van der Waals surface area contributed by atoms with Gasteiger partial charge in [0.1, 0.15) is 23.1 Å². The molecule has 0 bridgehead atoms. The van der Waals surface area contributed by atoms with Gasteiger partial charge >= 0.3 is 0 Å². The van der Waals surface area contributed by atoms with E-state index >= 15 is 0 Å². The molecule has 0 aliphatic carbocycles. The molecule has 0 saturated heterocycles. The molecule has 0 fully saturated rings. The van der Waals surface area contributed by atoms with E-state index in [9.17, 15) is 0 Å². The summed E-state index contributed by atoms with van der Waals surface area (Å²) >= 11 is 9.30. The fourth-order valence-corrected chi connectivity index (χ4v) is 2.08. The Balaban J connectivity index is 2.23. The number of aryl methyl sites for hydroxylation is 1. The summed E-state index contributed by atoms with van der Waals surface area (Å²) in [6.07, 6.45) is 5.12. The second kappa shape index (κ2) is 5.01. The van der Waals surface area contributed by atoms with Gasteiger partial charge in [0.2, 0.25) is 0 Å². The first-order chi connectivity index (χ1) is 8.09. The van der Waals surface area contributed by atoms with Crippen molar-refractivity contribution in [1.82, 2.24) is 19.5 Å². The third kappa shape index (κ3) is 2.58. The van der Waals surface area contributed by atoms with Gasteiger partial charge in [-0.15, -0.1) is 0 Å². The fourth-order valence-electron chi connectivity index (χ4n) is 1.44. The average Bonchev–Trinajstić information content (AvgIpc) is 2.68.